The van der Waals surface area contributed by atoms with Crippen molar-refractivity contribution in [1.29, 1.82) is 5.26 Å². The maximum Gasteiger partial charge on any atom is 0.255 e. The molecule has 1 amide bonds. The molecule has 0 aliphatic rings. The number of sulfonamides is 1. The van der Waals surface area contributed by atoms with Gasteiger partial charge in [0.25, 0.3) is 5.91 Å². The molecule has 7 nitrogen and oxygen atoms in total. The molecule has 0 aromatic heterocycles. The van der Waals surface area contributed by atoms with E-state index in [2.05, 4.69) is 16.1 Å². The standard InChI is InChI=1S/C19H21N3O4S/c1-13(2)22-27(24,25)18-12-15(6-9-17(18)26-3)19(23)21-16-7-4-14(5-8-16)10-11-20/h4-9,12-13,22H,10H2,1-3H3,(H,21,23). The Kier molecular flexibility index (Phi) is 6.55. The third kappa shape index (κ3) is 5.29. The monoisotopic (exact) mass is 387 g/mol. The van der Waals surface area contributed by atoms with Crippen molar-refractivity contribution in [3.05, 3.63) is 53.6 Å². The van der Waals surface area contributed by atoms with Crippen molar-refractivity contribution in [3.8, 4) is 11.8 Å². The number of hydrogen-bond acceptors (Lipinski definition) is 5. The van der Waals surface area contributed by atoms with Gasteiger partial charge in [-0.25, -0.2) is 13.1 Å². The van der Waals surface area contributed by atoms with Crippen molar-refractivity contribution in [1.82, 2.24) is 4.72 Å². The summed E-state index contributed by atoms with van der Waals surface area (Å²) in [6.45, 7) is 3.41. The molecular formula is C19H21N3O4S. The topological polar surface area (TPSA) is 108 Å². The van der Waals surface area contributed by atoms with Gasteiger partial charge < -0.3 is 10.1 Å². The maximum absolute atomic E-state index is 12.5. The van der Waals surface area contributed by atoms with Gasteiger partial charge in [-0.3, -0.25) is 4.79 Å². The highest BCUT2D eigenvalue weighted by Crippen LogP contribution is 2.25. The number of carbonyl (C=O) groups excluding carboxylic acids is 1. The second kappa shape index (κ2) is 8.66. The number of anilines is 1. The van der Waals surface area contributed by atoms with Gasteiger partial charge in [0.15, 0.2) is 0 Å². The number of rotatable bonds is 7. The van der Waals surface area contributed by atoms with Crippen LogP contribution in [0.2, 0.25) is 0 Å². The van der Waals surface area contributed by atoms with Crippen LogP contribution < -0.4 is 14.8 Å². The number of nitrogens with one attached hydrogen (secondary N) is 2. The zero-order valence-electron chi connectivity index (χ0n) is 15.3. The lowest BCUT2D eigenvalue weighted by molar-refractivity contribution is 0.102. The smallest absolute Gasteiger partial charge is 0.255 e. The first-order valence-electron chi connectivity index (χ1n) is 8.24. The van der Waals surface area contributed by atoms with Crippen molar-refractivity contribution >= 4 is 21.6 Å². The Morgan fingerprint density at radius 3 is 2.41 bits per heavy atom. The molecule has 0 saturated carbocycles. The zero-order valence-corrected chi connectivity index (χ0v) is 16.1. The molecule has 8 heteroatoms. The van der Waals surface area contributed by atoms with E-state index in [9.17, 15) is 13.2 Å². The number of hydrogen-bond donors (Lipinski definition) is 2. The van der Waals surface area contributed by atoms with Crippen molar-refractivity contribution < 1.29 is 17.9 Å². The van der Waals surface area contributed by atoms with Gasteiger partial charge in [0.1, 0.15) is 10.6 Å². The number of amides is 1. The van der Waals surface area contributed by atoms with E-state index < -0.39 is 15.9 Å². The third-order valence-electron chi connectivity index (χ3n) is 3.60. The number of nitriles is 1. The molecular weight excluding hydrogens is 366 g/mol. The van der Waals surface area contributed by atoms with E-state index in [1.165, 1.54) is 25.3 Å². The van der Waals surface area contributed by atoms with Crippen LogP contribution in [0, 0.1) is 11.3 Å². The fraction of sp³-hybridized carbons (Fsp3) is 0.263. The summed E-state index contributed by atoms with van der Waals surface area (Å²) < 4.78 is 32.6. The molecule has 0 aliphatic heterocycles. The number of methoxy groups -OCH3 is 1. The minimum Gasteiger partial charge on any atom is -0.495 e. The fourth-order valence-electron chi connectivity index (χ4n) is 2.40. The molecule has 2 rings (SSSR count). The Morgan fingerprint density at radius 1 is 1.19 bits per heavy atom. The summed E-state index contributed by atoms with van der Waals surface area (Å²) in [5, 5.41) is 11.4. The van der Waals surface area contributed by atoms with Crippen LogP contribution in [0.1, 0.15) is 29.8 Å². The Hall–Kier alpha value is -2.89. The van der Waals surface area contributed by atoms with Gasteiger partial charge >= 0.3 is 0 Å². The quantitative estimate of drug-likeness (QED) is 0.759. The van der Waals surface area contributed by atoms with Gasteiger partial charge in [-0.2, -0.15) is 5.26 Å². The summed E-state index contributed by atoms with van der Waals surface area (Å²) in [6, 6.07) is 12.8. The fourth-order valence-corrected chi connectivity index (χ4v) is 3.85. The first-order chi connectivity index (χ1) is 12.8. The third-order valence-corrected chi connectivity index (χ3v) is 5.28. The van der Waals surface area contributed by atoms with Gasteiger partial charge in [-0.15, -0.1) is 0 Å². The summed E-state index contributed by atoms with van der Waals surface area (Å²) in [5.41, 5.74) is 1.57. The van der Waals surface area contributed by atoms with Gasteiger partial charge in [-0.1, -0.05) is 12.1 Å². The molecule has 0 bridgehead atoms. The lowest BCUT2D eigenvalue weighted by Crippen LogP contribution is -2.30. The Balaban J connectivity index is 2.29. The van der Waals surface area contributed by atoms with E-state index in [0.29, 0.717) is 5.69 Å². The van der Waals surface area contributed by atoms with E-state index in [1.54, 1.807) is 38.1 Å². The molecule has 0 spiro atoms. The number of nitrogens with zero attached hydrogens (tertiary/aromatic N) is 1. The molecule has 27 heavy (non-hydrogen) atoms. The van der Waals surface area contributed by atoms with Crippen molar-refractivity contribution in [3.63, 3.8) is 0 Å². The molecule has 0 fully saturated rings. The highest BCUT2D eigenvalue weighted by molar-refractivity contribution is 7.89. The summed E-state index contributed by atoms with van der Waals surface area (Å²) in [7, 11) is -2.46. The molecule has 0 saturated heterocycles. The van der Waals surface area contributed by atoms with Gasteiger partial charge in [0.2, 0.25) is 10.0 Å². The lowest BCUT2D eigenvalue weighted by Gasteiger charge is -2.14. The van der Waals surface area contributed by atoms with Crippen LogP contribution in [0.15, 0.2) is 47.4 Å². The molecule has 0 atom stereocenters. The van der Waals surface area contributed by atoms with Gasteiger partial charge in [0.05, 0.1) is 19.6 Å². The number of ether oxygens (including phenoxy) is 1. The first kappa shape index (κ1) is 20.4. The summed E-state index contributed by atoms with van der Waals surface area (Å²) in [6.07, 6.45) is 0.288. The van der Waals surface area contributed by atoms with Crippen LogP contribution in [-0.4, -0.2) is 27.5 Å². The zero-order chi connectivity index (χ0) is 20.0. The van der Waals surface area contributed by atoms with Crippen LogP contribution in [-0.2, 0) is 16.4 Å². The number of benzene rings is 2. The summed E-state index contributed by atoms with van der Waals surface area (Å²) >= 11 is 0. The molecule has 0 heterocycles. The molecule has 2 aromatic rings. The molecule has 0 unspecified atom stereocenters. The average molecular weight is 387 g/mol. The van der Waals surface area contributed by atoms with Crippen molar-refractivity contribution in [2.75, 3.05) is 12.4 Å². The Labute approximate surface area is 159 Å². The van der Waals surface area contributed by atoms with E-state index in [0.717, 1.165) is 5.56 Å². The minimum absolute atomic E-state index is 0.101. The van der Waals surface area contributed by atoms with E-state index >= 15 is 0 Å². The molecule has 2 N–H and O–H groups in total. The average Bonchev–Trinajstić information content (AvgIpc) is 2.62. The van der Waals surface area contributed by atoms with Crippen LogP contribution >= 0.6 is 0 Å². The van der Waals surface area contributed by atoms with Crippen LogP contribution in [0.25, 0.3) is 0 Å². The second-order valence-electron chi connectivity index (χ2n) is 6.13. The summed E-state index contributed by atoms with van der Waals surface area (Å²) in [4.78, 5) is 12.4. The van der Waals surface area contributed by atoms with E-state index in [1.807, 2.05) is 0 Å². The second-order valence-corrected chi connectivity index (χ2v) is 7.81. The van der Waals surface area contributed by atoms with Crippen LogP contribution in [0.3, 0.4) is 0 Å². The summed E-state index contributed by atoms with van der Waals surface area (Å²) in [5.74, 6) is -0.299. The lowest BCUT2D eigenvalue weighted by atomic mass is 10.1. The number of carbonyl (C=O) groups is 1. The predicted octanol–water partition coefficient (Wildman–Crippen LogP) is 2.70. The Morgan fingerprint density at radius 2 is 1.85 bits per heavy atom. The molecule has 0 aliphatic carbocycles. The largest absolute Gasteiger partial charge is 0.495 e. The van der Waals surface area contributed by atoms with E-state index in [4.69, 9.17) is 10.00 Å². The van der Waals surface area contributed by atoms with Crippen molar-refractivity contribution in [2.24, 2.45) is 0 Å². The van der Waals surface area contributed by atoms with E-state index in [-0.39, 0.29) is 28.7 Å². The van der Waals surface area contributed by atoms with Gasteiger partial charge in [-0.05, 0) is 49.7 Å². The Bertz CT molecular complexity index is 961. The first-order valence-corrected chi connectivity index (χ1v) is 9.72. The van der Waals surface area contributed by atoms with Crippen molar-refractivity contribution in [2.45, 2.75) is 31.2 Å². The highest BCUT2D eigenvalue weighted by atomic mass is 32.2. The normalized spacial score (nSPS) is 11.1. The molecule has 2 aromatic carbocycles. The minimum atomic E-state index is -3.83. The predicted molar refractivity (Wildman–Crippen MR) is 102 cm³/mol. The maximum atomic E-state index is 12.5. The molecule has 142 valence electrons. The van der Waals surface area contributed by atoms with Gasteiger partial charge in [0, 0.05) is 17.3 Å². The highest BCUT2D eigenvalue weighted by Gasteiger charge is 2.22. The van der Waals surface area contributed by atoms with Crippen LogP contribution in [0.4, 0.5) is 5.69 Å². The molecule has 0 radical (unpaired) electrons. The SMILES string of the molecule is COc1ccc(C(=O)Nc2ccc(CC#N)cc2)cc1S(=O)(=O)NC(C)C. The van der Waals surface area contributed by atoms with Crippen LogP contribution in [0.5, 0.6) is 5.75 Å².